The van der Waals surface area contributed by atoms with Crippen LogP contribution in [0.3, 0.4) is 0 Å². The number of hydrogen-bond donors (Lipinski definition) is 3. The quantitative estimate of drug-likeness (QED) is 0.153. The standard InChI is InChI=1S/C31H32F2N4O5/c1-40-28-18-23-25(19-29(28)41-16-4-14-34)35-15-13-26(23)42-27-12-11-22(17-24(27)33)37-31(39)6-3-2-5-30(38)36-21-9-7-20(32)8-10-21/h7-13,15,17-19H,2-6,14,16,34H2,1H3,(H,36,38)(H,37,39). The zero-order valence-electron chi connectivity index (χ0n) is 23.1. The van der Waals surface area contributed by atoms with Gasteiger partial charge in [0, 0.05) is 47.9 Å². The Morgan fingerprint density at radius 2 is 1.50 bits per heavy atom. The van der Waals surface area contributed by atoms with E-state index < -0.39 is 5.82 Å². The van der Waals surface area contributed by atoms with Gasteiger partial charge in [-0.25, -0.2) is 8.78 Å². The number of ether oxygens (including phenoxy) is 3. The number of amides is 2. The number of methoxy groups -OCH3 is 1. The number of nitrogens with one attached hydrogen (secondary N) is 2. The molecule has 0 unspecified atom stereocenters. The second kappa shape index (κ2) is 14.7. The SMILES string of the molecule is COc1cc2c(Oc3ccc(NC(=O)CCCCC(=O)Nc4ccc(F)cc4)cc3F)ccnc2cc1OCCCN. The summed E-state index contributed by atoms with van der Waals surface area (Å²) in [6.45, 7) is 0.931. The number of anilines is 2. The molecule has 0 radical (unpaired) electrons. The monoisotopic (exact) mass is 578 g/mol. The van der Waals surface area contributed by atoms with Crippen LogP contribution >= 0.6 is 0 Å². The Labute approximate surface area is 242 Å². The Kier molecular flexibility index (Phi) is 10.6. The summed E-state index contributed by atoms with van der Waals surface area (Å²) in [4.78, 5) is 28.7. The van der Waals surface area contributed by atoms with Crippen LogP contribution in [0.1, 0.15) is 32.1 Å². The molecule has 1 heterocycles. The summed E-state index contributed by atoms with van der Waals surface area (Å²) in [6, 6.07) is 14.7. The van der Waals surface area contributed by atoms with Gasteiger partial charge in [-0.1, -0.05) is 0 Å². The Bertz CT molecular complexity index is 1530. The molecule has 1 aromatic heterocycles. The molecule has 0 spiro atoms. The van der Waals surface area contributed by atoms with Crippen LogP contribution < -0.4 is 30.6 Å². The third-order valence-corrected chi connectivity index (χ3v) is 6.21. The van der Waals surface area contributed by atoms with E-state index in [9.17, 15) is 18.4 Å². The van der Waals surface area contributed by atoms with Crippen LogP contribution in [0, 0.1) is 11.6 Å². The number of halogens is 2. The van der Waals surface area contributed by atoms with Crippen molar-refractivity contribution in [2.45, 2.75) is 32.1 Å². The first-order valence-corrected chi connectivity index (χ1v) is 13.5. The van der Waals surface area contributed by atoms with E-state index >= 15 is 0 Å². The second-order valence-electron chi connectivity index (χ2n) is 9.38. The molecule has 4 aromatic rings. The predicted octanol–water partition coefficient (Wildman–Crippen LogP) is 6.18. The fourth-order valence-corrected chi connectivity index (χ4v) is 4.09. The highest BCUT2D eigenvalue weighted by Crippen LogP contribution is 2.38. The van der Waals surface area contributed by atoms with Crippen molar-refractivity contribution in [1.82, 2.24) is 4.98 Å². The lowest BCUT2D eigenvalue weighted by Gasteiger charge is -2.14. The Morgan fingerprint density at radius 3 is 2.17 bits per heavy atom. The molecule has 220 valence electrons. The fraction of sp³-hybridized carbons (Fsp3) is 0.258. The number of rotatable bonds is 14. The minimum atomic E-state index is -0.663. The van der Waals surface area contributed by atoms with Gasteiger partial charge in [0.1, 0.15) is 11.6 Å². The molecule has 0 atom stereocenters. The number of nitrogens with two attached hydrogens (primary N) is 1. The smallest absolute Gasteiger partial charge is 0.224 e. The van der Waals surface area contributed by atoms with Crippen molar-refractivity contribution in [3.63, 3.8) is 0 Å². The first-order valence-electron chi connectivity index (χ1n) is 13.5. The number of carbonyl (C=O) groups excluding carboxylic acids is 2. The molecule has 2 amide bonds. The minimum absolute atomic E-state index is 0.0325. The molecule has 11 heteroatoms. The molecule has 0 saturated heterocycles. The summed E-state index contributed by atoms with van der Waals surface area (Å²) in [5.41, 5.74) is 6.89. The predicted molar refractivity (Wildman–Crippen MR) is 156 cm³/mol. The summed E-state index contributed by atoms with van der Waals surface area (Å²) in [7, 11) is 1.52. The third kappa shape index (κ3) is 8.37. The maximum Gasteiger partial charge on any atom is 0.224 e. The number of fused-ring (bicyclic) bond motifs is 1. The van der Waals surface area contributed by atoms with Crippen molar-refractivity contribution in [2.24, 2.45) is 5.73 Å². The van der Waals surface area contributed by atoms with E-state index in [1.807, 2.05) is 0 Å². The fourth-order valence-electron chi connectivity index (χ4n) is 4.09. The van der Waals surface area contributed by atoms with Crippen molar-refractivity contribution >= 4 is 34.1 Å². The van der Waals surface area contributed by atoms with Gasteiger partial charge in [0.05, 0.1) is 19.2 Å². The number of aromatic nitrogens is 1. The molecule has 0 aliphatic rings. The van der Waals surface area contributed by atoms with Gasteiger partial charge in [0.25, 0.3) is 0 Å². The first-order chi connectivity index (χ1) is 20.4. The van der Waals surface area contributed by atoms with Gasteiger partial charge in [-0.15, -0.1) is 0 Å². The maximum atomic E-state index is 15.0. The van der Waals surface area contributed by atoms with E-state index in [0.29, 0.717) is 66.3 Å². The van der Waals surface area contributed by atoms with Gasteiger partial charge in [0.15, 0.2) is 23.1 Å². The van der Waals surface area contributed by atoms with Crippen LogP contribution in [0.15, 0.2) is 66.9 Å². The lowest BCUT2D eigenvalue weighted by molar-refractivity contribution is -0.118. The molecule has 0 bridgehead atoms. The van der Waals surface area contributed by atoms with Crippen LogP contribution in [0.25, 0.3) is 10.9 Å². The maximum absolute atomic E-state index is 15.0. The number of benzene rings is 3. The lowest BCUT2D eigenvalue weighted by Crippen LogP contribution is -2.13. The molecule has 42 heavy (non-hydrogen) atoms. The highest BCUT2D eigenvalue weighted by Gasteiger charge is 2.14. The Morgan fingerprint density at radius 1 is 0.810 bits per heavy atom. The van der Waals surface area contributed by atoms with Gasteiger partial charge in [-0.2, -0.15) is 0 Å². The van der Waals surface area contributed by atoms with E-state index in [0.717, 1.165) is 0 Å². The summed E-state index contributed by atoms with van der Waals surface area (Å²) >= 11 is 0. The van der Waals surface area contributed by atoms with Gasteiger partial charge in [-0.3, -0.25) is 14.6 Å². The molecule has 0 fully saturated rings. The van der Waals surface area contributed by atoms with E-state index in [2.05, 4.69) is 15.6 Å². The zero-order chi connectivity index (χ0) is 29.9. The van der Waals surface area contributed by atoms with Crippen molar-refractivity contribution in [2.75, 3.05) is 30.9 Å². The second-order valence-corrected chi connectivity index (χ2v) is 9.38. The molecule has 4 rings (SSSR count). The summed E-state index contributed by atoms with van der Waals surface area (Å²) < 4.78 is 45.0. The van der Waals surface area contributed by atoms with Crippen molar-refractivity contribution in [3.05, 3.63) is 78.5 Å². The molecule has 4 N–H and O–H groups in total. The number of nitrogens with zero attached hydrogens (tertiary/aromatic N) is 1. The van der Waals surface area contributed by atoms with Crippen molar-refractivity contribution < 1.29 is 32.6 Å². The van der Waals surface area contributed by atoms with Gasteiger partial charge in [0.2, 0.25) is 11.8 Å². The van der Waals surface area contributed by atoms with Gasteiger partial charge >= 0.3 is 0 Å². The number of unbranched alkanes of at least 4 members (excludes halogenated alkanes) is 1. The van der Waals surface area contributed by atoms with E-state index in [4.69, 9.17) is 19.9 Å². The average Bonchev–Trinajstić information content (AvgIpc) is 2.98. The largest absolute Gasteiger partial charge is 0.493 e. The van der Waals surface area contributed by atoms with E-state index in [1.54, 1.807) is 30.5 Å². The average molecular weight is 579 g/mol. The van der Waals surface area contributed by atoms with Crippen LogP contribution in [-0.4, -0.2) is 37.1 Å². The normalized spacial score (nSPS) is 10.8. The molecule has 0 saturated carbocycles. The topological polar surface area (TPSA) is 125 Å². The third-order valence-electron chi connectivity index (χ3n) is 6.21. The van der Waals surface area contributed by atoms with Crippen LogP contribution in [0.2, 0.25) is 0 Å². The number of pyridine rings is 1. The van der Waals surface area contributed by atoms with Gasteiger partial charge < -0.3 is 30.6 Å². The zero-order valence-corrected chi connectivity index (χ0v) is 23.1. The van der Waals surface area contributed by atoms with Crippen LogP contribution in [-0.2, 0) is 9.59 Å². The Hall–Kier alpha value is -4.77. The van der Waals surface area contributed by atoms with Crippen LogP contribution in [0.4, 0.5) is 20.2 Å². The van der Waals surface area contributed by atoms with Crippen molar-refractivity contribution in [1.29, 1.82) is 0 Å². The highest BCUT2D eigenvalue weighted by atomic mass is 19.1. The van der Waals surface area contributed by atoms with E-state index in [1.165, 1.54) is 43.5 Å². The van der Waals surface area contributed by atoms with E-state index in [-0.39, 0.29) is 41.9 Å². The molecular formula is C31H32F2N4O5. The first kappa shape index (κ1) is 30.2. The molecular weight excluding hydrogens is 546 g/mol. The minimum Gasteiger partial charge on any atom is -0.493 e. The number of hydrogen-bond acceptors (Lipinski definition) is 7. The Balaban J connectivity index is 1.31. The summed E-state index contributed by atoms with van der Waals surface area (Å²) in [5.74, 6) is -0.254. The number of carbonyl (C=O) groups is 2. The van der Waals surface area contributed by atoms with Crippen molar-refractivity contribution in [3.8, 4) is 23.0 Å². The molecule has 0 aliphatic heterocycles. The summed E-state index contributed by atoms with van der Waals surface area (Å²) in [6.07, 6.45) is 3.55. The highest BCUT2D eigenvalue weighted by molar-refractivity contribution is 5.92. The molecule has 9 nitrogen and oxygen atoms in total. The van der Waals surface area contributed by atoms with Gasteiger partial charge in [-0.05, 0) is 74.3 Å². The van der Waals surface area contributed by atoms with Crippen LogP contribution in [0.5, 0.6) is 23.0 Å². The lowest BCUT2D eigenvalue weighted by atomic mass is 10.1. The molecule has 3 aromatic carbocycles. The molecule has 0 aliphatic carbocycles. The summed E-state index contributed by atoms with van der Waals surface area (Å²) in [5, 5.41) is 5.93.